The van der Waals surface area contributed by atoms with E-state index in [4.69, 9.17) is 21.9 Å². The van der Waals surface area contributed by atoms with Crippen molar-refractivity contribution in [3.05, 3.63) is 80.1 Å². The van der Waals surface area contributed by atoms with Gasteiger partial charge in [0.15, 0.2) is 0 Å². The Kier molecular flexibility index (Phi) is 6.24. The zero-order chi connectivity index (χ0) is 23.8. The Balaban J connectivity index is 1.63. The number of nitrogens with zero attached hydrogens (tertiary/aromatic N) is 4. The number of benzene rings is 1. The summed E-state index contributed by atoms with van der Waals surface area (Å²) in [5, 5.41) is 0. The number of ether oxygens (including phenoxy) is 1. The molecule has 0 aliphatic carbocycles. The van der Waals surface area contributed by atoms with Gasteiger partial charge in [-0.15, -0.1) is 0 Å². The largest absolute Gasteiger partial charge is 0.383 e. The molecular weight excluding hydrogens is 468 g/mol. The van der Waals surface area contributed by atoms with Gasteiger partial charge >= 0.3 is 0 Å². The number of aromatic nitrogens is 2. The summed E-state index contributed by atoms with van der Waals surface area (Å²) < 4.78 is 7.12. The van der Waals surface area contributed by atoms with E-state index in [1.807, 2.05) is 25.1 Å². The van der Waals surface area contributed by atoms with Gasteiger partial charge in [-0.3, -0.25) is 18.9 Å². The fraction of sp³-hybridized carbons (Fsp3) is 0.280. The summed E-state index contributed by atoms with van der Waals surface area (Å²) in [6.07, 6.45) is 4.30. The van der Waals surface area contributed by atoms with Crippen molar-refractivity contribution in [2.45, 2.75) is 19.9 Å². The second-order valence-corrected chi connectivity index (χ2v) is 10.0. The number of rotatable bonds is 5. The molecule has 0 spiro atoms. The molecule has 1 amide bonds. The van der Waals surface area contributed by atoms with E-state index in [0.717, 1.165) is 18.5 Å². The summed E-state index contributed by atoms with van der Waals surface area (Å²) >= 11 is 6.62. The van der Waals surface area contributed by atoms with Crippen LogP contribution in [0.1, 0.15) is 22.3 Å². The topological polar surface area (TPSA) is 67.2 Å². The number of hydrogen-bond acceptors (Lipinski definition) is 7. The van der Waals surface area contributed by atoms with Gasteiger partial charge < -0.3 is 9.64 Å². The third kappa shape index (κ3) is 4.15. The number of fused-ring (bicyclic) bond motifs is 2. The highest BCUT2D eigenvalue weighted by molar-refractivity contribution is 8.26. The number of thiocarbonyl (C=S) groups is 1. The maximum atomic E-state index is 13.7. The Labute approximate surface area is 207 Å². The molecule has 2 aliphatic heterocycles. The molecule has 1 saturated heterocycles. The molecule has 0 bridgehead atoms. The normalized spacial score (nSPS) is 17.2. The van der Waals surface area contributed by atoms with Gasteiger partial charge in [0, 0.05) is 26.4 Å². The van der Waals surface area contributed by atoms with Crippen LogP contribution in [0, 0.1) is 6.92 Å². The van der Waals surface area contributed by atoms with Crippen LogP contribution in [-0.4, -0.2) is 51.3 Å². The third-order valence-electron chi connectivity index (χ3n) is 6.08. The number of carbonyl (C=O) groups is 1. The summed E-state index contributed by atoms with van der Waals surface area (Å²) in [6, 6.07) is 12.1. The third-order valence-corrected chi connectivity index (χ3v) is 7.46. The van der Waals surface area contributed by atoms with Crippen LogP contribution >= 0.6 is 24.0 Å². The predicted molar refractivity (Wildman–Crippen MR) is 139 cm³/mol. The molecule has 4 heterocycles. The van der Waals surface area contributed by atoms with Gasteiger partial charge in [-0.05, 0) is 42.2 Å². The Bertz CT molecular complexity index is 1400. The first-order valence-corrected chi connectivity index (χ1v) is 12.3. The molecule has 7 nitrogen and oxygen atoms in total. The van der Waals surface area contributed by atoms with Crippen molar-refractivity contribution in [2.75, 3.05) is 31.7 Å². The summed E-state index contributed by atoms with van der Waals surface area (Å²) in [5.74, 6) is 0.376. The highest BCUT2D eigenvalue weighted by Crippen LogP contribution is 2.34. The average Bonchev–Trinajstić information content (AvgIpc) is 3.11. The molecular formula is C25H24N4O3S2. The monoisotopic (exact) mass is 492 g/mol. The molecule has 5 rings (SSSR count). The molecule has 9 heteroatoms. The van der Waals surface area contributed by atoms with Gasteiger partial charge in [0.1, 0.15) is 15.8 Å². The Hall–Kier alpha value is -3.01. The van der Waals surface area contributed by atoms with Crippen LogP contribution < -0.4 is 10.5 Å². The van der Waals surface area contributed by atoms with Crippen LogP contribution in [-0.2, 0) is 22.5 Å². The minimum absolute atomic E-state index is 0.204. The number of amides is 1. The quantitative estimate of drug-likeness (QED) is 0.399. The van der Waals surface area contributed by atoms with Crippen LogP contribution in [0.5, 0.6) is 0 Å². The van der Waals surface area contributed by atoms with Crippen LogP contribution in [0.25, 0.3) is 11.7 Å². The van der Waals surface area contributed by atoms with Crippen LogP contribution in [0.4, 0.5) is 5.82 Å². The van der Waals surface area contributed by atoms with Crippen LogP contribution in [0.2, 0.25) is 0 Å². The van der Waals surface area contributed by atoms with Crippen molar-refractivity contribution in [3.63, 3.8) is 0 Å². The lowest BCUT2D eigenvalue weighted by Gasteiger charge is -2.30. The SMILES string of the molecule is COCCN1C(=O)C(=Cc2c(N3CCc4ccccc4C3)nc3ccc(C)cn3c2=O)SC1=S. The molecule has 0 atom stereocenters. The standard InChI is InChI=1S/C25H24N4O3S2/c1-16-7-8-21-26-22(27-10-9-17-5-3-4-6-18(17)15-27)19(23(30)29(21)14-16)13-20-24(31)28(11-12-32-2)25(33)34-20/h3-8,13-14H,9-12,15H2,1-2H3. The van der Waals surface area contributed by atoms with Crippen molar-refractivity contribution in [2.24, 2.45) is 0 Å². The van der Waals surface area contributed by atoms with Gasteiger partial charge in [0.2, 0.25) is 0 Å². The fourth-order valence-electron chi connectivity index (χ4n) is 4.30. The number of hydrogen-bond donors (Lipinski definition) is 0. The smallest absolute Gasteiger partial charge is 0.267 e. The molecule has 0 N–H and O–H groups in total. The van der Waals surface area contributed by atoms with Crippen molar-refractivity contribution < 1.29 is 9.53 Å². The van der Waals surface area contributed by atoms with E-state index in [2.05, 4.69) is 23.1 Å². The Morgan fingerprint density at radius 2 is 1.97 bits per heavy atom. The van der Waals surface area contributed by atoms with Crippen LogP contribution in [0.15, 0.2) is 52.3 Å². The first-order valence-electron chi connectivity index (χ1n) is 11.1. The highest BCUT2D eigenvalue weighted by Gasteiger charge is 2.33. The Morgan fingerprint density at radius 3 is 2.76 bits per heavy atom. The number of aryl methyl sites for hydroxylation is 1. The predicted octanol–water partition coefficient (Wildman–Crippen LogP) is 3.41. The van der Waals surface area contributed by atoms with E-state index >= 15 is 0 Å². The molecule has 1 aromatic carbocycles. The fourth-order valence-corrected chi connectivity index (χ4v) is 5.59. The minimum atomic E-state index is -0.212. The van der Waals surface area contributed by atoms with Gasteiger partial charge in [-0.1, -0.05) is 54.3 Å². The van der Waals surface area contributed by atoms with E-state index < -0.39 is 0 Å². The lowest BCUT2D eigenvalue weighted by Crippen LogP contribution is -2.34. The van der Waals surface area contributed by atoms with E-state index in [9.17, 15) is 9.59 Å². The number of thioether (sulfide) groups is 1. The first-order chi connectivity index (χ1) is 16.5. The lowest BCUT2D eigenvalue weighted by molar-refractivity contribution is -0.122. The molecule has 0 unspecified atom stereocenters. The lowest BCUT2D eigenvalue weighted by atomic mass is 9.99. The molecule has 3 aromatic rings. The Morgan fingerprint density at radius 1 is 1.18 bits per heavy atom. The molecule has 0 radical (unpaired) electrons. The van der Waals surface area contributed by atoms with E-state index in [1.54, 1.807) is 23.8 Å². The molecule has 34 heavy (non-hydrogen) atoms. The van der Waals surface area contributed by atoms with E-state index in [-0.39, 0.29) is 11.5 Å². The van der Waals surface area contributed by atoms with Crippen LogP contribution in [0.3, 0.4) is 0 Å². The number of methoxy groups -OCH3 is 1. The first kappa shape index (κ1) is 22.8. The minimum Gasteiger partial charge on any atom is -0.383 e. The highest BCUT2D eigenvalue weighted by atomic mass is 32.2. The summed E-state index contributed by atoms with van der Waals surface area (Å²) in [7, 11) is 1.58. The number of anilines is 1. The summed E-state index contributed by atoms with van der Waals surface area (Å²) in [5.41, 5.74) is 4.26. The van der Waals surface area contributed by atoms with Gasteiger partial charge in [0.05, 0.1) is 23.6 Å². The zero-order valence-corrected chi connectivity index (χ0v) is 20.6. The number of pyridine rings is 1. The van der Waals surface area contributed by atoms with E-state index in [0.29, 0.717) is 46.0 Å². The average molecular weight is 493 g/mol. The summed E-state index contributed by atoms with van der Waals surface area (Å²) in [4.78, 5) is 35.7. The molecule has 1 fully saturated rings. The zero-order valence-electron chi connectivity index (χ0n) is 19.0. The molecule has 2 aromatic heterocycles. The molecule has 174 valence electrons. The van der Waals surface area contributed by atoms with Gasteiger partial charge in [-0.2, -0.15) is 0 Å². The summed E-state index contributed by atoms with van der Waals surface area (Å²) in [6.45, 7) is 4.09. The maximum absolute atomic E-state index is 13.7. The van der Waals surface area contributed by atoms with Gasteiger partial charge in [-0.25, -0.2) is 4.98 Å². The maximum Gasteiger partial charge on any atom is 0.267 e. The molecule has 0 saturated carbocycles. The molecule has 2 aliphatic rings. The second kappa shape index (κ2) is 9.32. The van der Waals surface area contributed by atoms with Gasteiger partial charge in [0.25, 0.3) is 11.5 Å². The van der Waals surface area contributed by atoms with Crippen molar-refractivity contribution in [1.82, 2.24) is 14.3 Å². The van der Waals surface area contributed by atoms with Crippen molar-refractivity contribution in [1.29, 1.82) is 0 Å². The number of carbonyl (C=O) groups excluding carboxylic acids is 1. The van der Waals surface area contributed by atoms with Crippen molar-refractivity contribution >= 4 is 51.7 Å². The second-order valence-electron chi connectivity index (χ2n) is 8.36. The van der Waals surface area contributed by atoms with Crippen molar-refractivity contribution in [3.8, 4) is 0 Å². The van der Waals surface area contributed by atoms with E-state index in [1.165, 1.54) is 27.8 Å².